The second-order valence-corrected chi connectivity index (χ2v) is 3.57. The highest BCUT2D eigenvalue weighted by molar-refractivity contribution is 7.74. The van der Waals surface area contributed by atoms with Crippen LogP contribution in [0.4, 0.5) is 5.69 Å². The minimum atomic E-state index is -2.31. The van der Waals surface area contributed by atoms with Crippen LogP contribution in [0.3, 0.4) is 0 Å². The van der Waals surface area contributed by atoms with Crippen molar-refractivity contribution in [2.75, 3.05) is 5.48 Å². The molecule has 0 amide bonds. The van der Waals surface area contributed by atoms with Crippen LogP contribution >= 0.6 is 0 Å². The van der Waals surface area contributed by atoms with Crippen molar-refractivity contribution in [3.63, 3.8) is 0 Å². The SMILES string of the molecule is O=S(O)ONc1ccc2ccccc2c1. The van der Waals surface area contributed by atoms with E-state index >= 15 is 0 Å². The Hall–Kier alpha value is -1.43. The fraction of sp³-hybridized carbons (Fsp3) is 0. The monoisotopic (exact) mass is 223 g/mol. The van der Waals surface area contributed by atoms with Gasteiger partial charge in [0.15, 0.2) is 0 Å². The zero-order valence-electron chi connectivity index (χ0n) is 7.71. The first-order valence-corrected chi connectivity index (χ1v) is 5.32. The molecule has 2 aromatic carbocycles. The highest BCUT2D eigenvalue weighted by Gasteiger charge is 1.97. The van der Waals surface area contributed by atoms with Gasteiger partial charge in [-0.05, 0) is 22.9 Å². The molecule has 0 heterocycles. The standard InChI is InChI=1S/C10H9NO3S/c12-15(13)14-11-10-6-5-8-3-1-2-4-9(8)7-10/h1-7,11H,(H,12,13). The topological polar surface area (TPSA) is 58.6 Å². The first-order chi connectivity index (χ1) is 7.25. The molecule has 2 aromatic rings. The van der Waals surface area contributed by atoms with Crippen molar-refractivity contribution in [1.29, 1.82) is 0 Å². The second-order valence-electron chi connectivity index (χ2n) is 2.96. The molecule has 15 heavy (non-hydrogen) atoms. The summed E-state index contributed by atoms with van der Waals surface area (Å²) >= 11 is -2.31. The summed E-state index contributed by atoms with van der Waals surface area (Å²) in [4.78, 5) is 0. The van der Waals surface area contributed by atoms with Crippen molar-refractivity contribution in [1.82, 2.24) is 0 Å². The van der Waals surface area contributed by atoms with Gasteiger partial charge in [-0.2, -0.15) is 4.21 Å². The van der Waals surface area contributed by atoms with Crippen LogP contribution in [0.15, 0.2) is 42.5 Å². The lowest BCUT2D eigenvalue weighted by Crippen LogP contribution is -2.02. The number of anilines is 1. The van der Waals surface area contributed by atoms with Gasteiger partial charge in [-0.1, -0.05) is 30.3 Å². The largest absolute Gasteiger partial charge is 0.324 e. The van der Waals surface area contributed by atoms with E-state index in [-0.39, 0.29) is 0 Å². The molecule has 0 fully saturated rings. The quantitative estimate of drug-likeness (QED) is 0.619. The predicted molar refractivity (Wildman–Crippen MR) is 59.4 cm³/mol. The van der Waals surface area contributed by atoms with Gasteiger partial charge in [-0.25, -0.2) is 5.48 Å². The van der Waals surface area contributed by atoms with Gasteiger partial charge < -0.3 is 0 Å². The van der Waals surface area contributed by atoms with Gasteiger partial charge in [-0.15, -0.1) is 4.28 Å². The average molecular weight is 223 g/mol. The zero-order valence-corrected chi connectivity index (χ0v) is 8.53. The Morgan fingerprint density at radius 1 is 1.13 bits per heavy atom. The van der Waals surface area contributed by atoms with Gasteiger partial charge in [-0.3, -0.25) is 4.55 Å². The Balaban J connectivity index is 2.26. The zero-order chi connectivity index (χ0) is 10.7. The summed E-state index contributed by atoms with van der Waals surface area (Å²) in [6.07, 6.45) is 0. The van der Waals surface area contributed by atoms with Crippen molar-refractivity contribution in [3.8, 4) is 0 Å². The Morgan fingerprint density at radius 2 is 1.87 bits per heavy atom. The summed E-state index contributed by atoms with van der Waals surface area (Å²) in [5.41, 5.74) is 3.02. The number of benzene rings is 2. The molecule has 0 radical (unpaired) electrons. The van der Waals surface area contributed by atoms with E-state index in [2.05, 4.69) is 9.76 Å². The Morgan fingerprint density at radius 3 is 2.60 bits per heavy atom. The molecule has 0 aromatic heterocycles. The van der Waals surface area contributed by atoms with E-state index in [1.807, 2.05) is 36.4 Å². The van der Waals surface area contributed by atoms with Gasteiger partial charge in [0, 0.05) is 0 Å². The normalized spacial score (nSPS) is 12.6. The molecule has 0 saturated carbocycles. The van der Waals surface area contributed by atoms with Crippen LogP contribution < -0.4 is 5.48 Å². The molecule has 4 nitrogen and oxygen atoms in total. The molecule has 1 atom stereocenters. The van der Waals surface area contributed by atoms with E-state index in [0.29, 0.717) is 5.69 Å². The Kier molecular flexibility index (Phi) is 2.96. The minimum absolute atomic E-state index is 0.635. The summed E-state index contributed by atoms with van der Waals surface area (Å²) in [7, 11) is 0. The molecule has 5 heteroatoms. The van der Waals surface area contributed by atoms with Crippen molar-refractivity contribution < 1.29 is 13.0 Å². The highest BCUT2D eigenvalue weighted by atomic mass is 32.2. The third-order valence-corrected chi connectivity index (χ3v) is 2.21. The van der Waals surface area contributed by atoms with Crippen LogP contribution in [0.5, 0.6) is 0 Å². The van der Waals surface area contributed by atoms with Crippen LogP contribution in [0.1, 0.15) is 0 Å². The first-order valence-electron chi connectivity index (χ1n) is 4.29. The second kappa shape index (κ2) is 4.39. The molecule has 0 aliphatic carbocycles. The molecule has 0 aliphatic rings. The third kappa shape index (κ3) is 2.53. The van der Waals surface area contributed by atoms with Gasteiger partial charge in [0.1, 0.15) is 0 Å². The van der Waals surface area contributed by atoms with E-state index in [1.165, 1.54) is 0 Å². The number of hydrogen-bond donors (Lipinski definition) is 2. The van der Waals surface area contributed by atoms with Crippen LogP contribution in [0.25, 0.3) is 10.8 Å². The molecular weight excluding hydrogens is 214 g/mol. The fourth-order valence-corrected chi connectivity index (χ4v) is 1.50. The van der Waals surface area contributed by atoms with Crippen LogP contribution in [-0.2, 0) is 15.6 Å². The maximum absolute atomic E-state index is 10.3. The summed E-state index contributed by atoms with van der Waals surface area (Å²) < 4.78 is 23.0. The summed E-state index contributed by atoms with van der Waals surface area (Å²) in [6, 6.07) is 13.3. The van der Waals surface area contributed by atoms with Crippen LogP contribution in [0.2, 0.25) is 0 Å². The summed E-state index contributed by atoms with van der Waals surface area (Å²) in [5, 5.41) is 2.14. The molecule has 78 valence electrons. The van der Waals surface area contributed by atoms with Crippen LogP contribution in [0, 0.1) is 0 Å². The van der Waals surface area contributed by atoms with Crippen molar-refractivity contribution in [2.24, 2.45) is 0 Å². The third-order valence-electron chi connectivity index (χ3n) is 1.98. The van der Waals surface area contributed by atoms with E-state index in [4.69, 9.17) is 4.55 Å². The van der Waals surface area contributed by atoms with E-state index in [1.54, 1.807) is 6.07 Å². The first kappa shape index (κ1) is 10.1. The Bertz CT molecular complexity index is 501. The van der Waals surface area contributed by atoms with Crippen LogP contribution in [-0.4, -0.2) is 8.76 Å². The van der Waals surface area contributed by atoms with E-state index in [9.17, 15) is 4.21 Å². The van der Waals surface area contributed by atoms with E-state index < -0.39 is 11.4 Å². The minimum Gasteiger partial charge on any atom is -0.282 e. The van der Waals surface area contributed by atoms with E-state index in [0.717, 1.165) is 10.8 Å². The fourth-order valence-electron chi connectivity index (χ4n) is 1.34. The average Bonchev–Trinajstić information content (AvgIpc) is 2.26. The smallest absolute Gasteiger partial charge is 0.282 e. The number of hydrogen-bond acceptors (Lipinski definition) is 3. The van der Waals surface area contributed by atoms with Gasteiger partial charge in [0.2, 0.25) is 0 Å². The molecule has 0 saturated heterocycles. The van der Waals surface area contributed by atoms with Crippen molar-refractivity contribution in [3.05, 3.63) is 42.5 Å². The molecule has 2 N–H and O–H groups in total. The maximum Gasteiger partial charge on any atom is 0.324 e. The lowest BCUT2D eigenvalue weighted by molar-refractivity contribution is 0.373. The number of rotatable bonds is 3. The highest BCUT2D eigenvalue weighted by Crippen LogP contribution is 2.18. The van der Waals surface area contributed by atoms with Gasteiger partial charge in [0.05, 0.1) is 5.69 Å². The van der Waals surface area contributed by atoms with Crippen molar-refractivity contribution in [2.45, 2.75) is 0 Å². The Labute approximate surface area is 89.3 Å². The molecule has 2 rings (SSSR count). The van der Waals surface area contributed by atoms with Gasteiger partial charge in [0.25, 0.3) is 0 Å². The summed E-state index contributed by atoms with van der Waals surface area (Å²) in [6.45, 7) is 0. The van der Waals surface area contributed by atoms with Gasteiger partial charge >= 0.3 is 11.4 Å². The molecule has 1 unspecified atom stereocenters. The molecule has 0 bridgehead atoms. The number of nitrogens with one attached hydrogen (secondary N) is 1. The predicted octanol–water partition coefficient (Wildman–Crippen LogP) is 2.32. The number of fused-ring (bicyclic) bond motifs is 1. The maximum atomic E-state index is 10.3. The summed E-state index contributed by atoms with van der Waals surface area (Å²) in [5.74, 6) is 0. The molecule has 0 spiro atoms. The molecule has 0 aliphatic heterocycles. The lowest BCUT2D eigenvalue weighted by Gasteiger charge is -2.04. The molecular formula is C10H9NO3S. The van der Waals surface area contributed by atoms with Crippen molar-refractivity contribution >= 4 is 27.8 Å². The lowest BCUT2D eigenvalue weighted by atomic mass is 10.1.